The van der Waals surface area contributed by atoms with Crippen LogP contribution in [0.15, 0.2) is 24.3 Å². The molecule has 2 amide bonds. The number of benzene rings is 1. The van der Waals surface area contributed by atoms with Gasteiger partial charge in [-0.2, -0.15) is 0 Å². The molecular weight excluding hydrogens is 242 g/mol. The first-order chi connectivity index (χ1) is 9.04. The summed E-state index contributed by atoms with van der Waals surface area (Å²) in [6, 6.07) is 7.20. The first-order valence-electron chi connectivity index (χ1n) is 6.36. The molecule has 0 spiro atoms. The lowest BCUT2D eigenvalue weighted by molar-refractivity contribution is -0.118. The number of likely N-dealkylation sites (N-methyl/N-ethyl adjacent to an activating group) is 1. The monoisotopic (exact) mass is 263 g/mol. The second-order valence-electron chi connectivity index (χ2n) is 4.56. The number of nitrogens with two attached hydrogens (primary N) is 1. The van der Waals surface area contributed by atoms with Crippen LogP contribution in [0.4, 0.5) is 0 Å². The normalized spacial score (nSPS) is 11.9. The molecule has 1 unspecified atom stereocenters. The lowest BCUT2D eigenvalue weighted by Gasteiger charge is -2.14. The number of primary amides is 1. The molecule has 0 bridgehead atoms. The van der Waals surface area contributed by atoms with Gasteiger partial charge in [0.25, 0.3) is 5.91 Å². The van der Waals surface area contributed by atoms with E-state index in [4.69, 9.17) is 5.73 Å². The van der Waals surface area contributed by atoms with Crippen LogP contribution in [0.2, 0.25) is 0 Å². The van der Waals surface area contributed by atoms with Gasteiger partial charge in [0, 0.05) is 18.0 Å². The van der Waals surface area contributed by atoms with E-state index in [2.05, 4.69) is 10.6 Å². The molecule has 104 valence electrons. The van der Waals surface area contributed by atoms with Crippen molar-refractivity contribution in [3.8, 4) is 0 Å². The van der Waals surface area contributed by atoms with Crippen molar-refractivity contribution in [2.24, 2.45) is 5.73 Å². The van der Waals surface area contributed by atoms with Crippen molar-refractivity contribution in [3.05, 3.63) is 35.4 Å². The molecular formula is C14H21N3O2. The van der Waals surface area contributed by atoms with Crippen molar-refractivity contribution in [2.75, 3.05) is 13.6 Å². The van der Waals surface area contributed by atoms with E-state index in [1.54, 1.807) is 13.0 Å². The molecule has 0 heterocycles. The number of amides is 2. The molecule has 0 aliphatic carbocycles. The van der Waals surface area contributed by atoms with Crippen LogP contribution in [-0.2, 0) is 11.2 Å². The Balaban J connectivity index is 2.73. The minimum Gasteiger partial charge on any atom is -0.370 e. The molecule has 0 saturated carbocycles. The zero-order valence-corrected chi connectivity index (χ0v) is 11.4. The first kappa shape index (κ1) is 15.2. The summed E-state index contributed by atoms with van der Waals surface area (Å²) in [5.41, 5.74) is 6.74. The highest BCUT2D eigenvalue weighted by Crippen LogP contribution is 2.09. The maximum Gasteiger partial charge on any atom is 0.251 e. The average Bonchev–Trinajstić information content (AvgIpc) is 2.35. The second kappa shape index (κ2) is 7.53. The largest absolute Gasteiger partial charge is 0.370 e. The molecule has 5 nitrogen and oxygen atoms in total. The van der Waals surface area contributed by atoms with Crippen molar-refractivity contribution < 1.29 is 9.59 Å². The van der Waals surface area contributed by atoms with E-state index in [0.717, 1.165) is 18.5 Å². The van der Waals surface area contributed by atoms with Gasteiger partial charge in [-0.1, -0.05) is 18.2 Å². The van der Waals surface area contributed by atoms with E-state index in [1.807, 2.05) is 25.2 Å². The zero-order chi connectivity index (χ0) is 14.3. The van der Waals surface area contributed by atoms with Crippen LogP contribution in [0.3, 0.4) is 0 Å². The first-order valence-corrected chi connectivity index (χ1v) is 6.36. The predicted octanol–water partition coefficient (Wildman–Crippen LogP) is 0.442. The van der Waals surface area contributed by atoms with Gasteiger partial charge in [-0.05, 0) is 38.6 Å². The molecule has 5 heteroatoms. The summed E-state index contributed by atoms with van der Waals surface area (Å²) in [6.07, 6.45) is 0.925. The number of nitrogens with one attached hydrogen (secondary N) is 2. The van der Waals surface area contributed by atoms with E-state index in [9.17, 15) is 9.59 Å². The van der Waals surface area contributed by atoms with Crippen LogP contribution < -0.4 is 16.4 Å². The standard InChI is InChI=1S/C14H21N3O2/c1-10(9-13(15)18)17-14(19)12-6-4-3-5-11(12)7-8-16-2/h3-6,10,16H,7-9H2,1-2H3,(H2,15,18)(H,17,19). The molecule has 1 atom stereocenters. The van der Waals surface area contributed by atoms with Gasteiger partial charge in [-0.25, -0.2) is 0 Å². The maximum absolute atomic E-state index is 12.1. The third kappa shape index (κ3) is 5.09. The molecule has 1 aromatic rings. The van der Waals surface area contributed by atoms with Crippen molar-refractivity contribution in [1.82, 2.24) is 10.6 Å². The van der Waals surface area contributed by atoms with Crippen LogP contribution in [-0.4, -0.2) is 31.4 Å². The molecule has 0 fully saturated rings. The molecule has 4 N–H and O–H groups in total. The number of rotatable bonds is 7. The summed E-state index contributed by atoms with van der Waals surface area (Å²) in [5.74, 6) is -0.586. The van der Waals surface area contributed by atoms with E-state index in [1.165, 1.54) is 0 Å². The van der Waals surface area contributed by atoms with Gasteiger partial charge >= 0.3 is 0 Å². The van der Waals surface area contributed by atoms with Gasteiger partial charge in [0.1, 0.15) is 0 Å². The Labute approximate surface area is 113 Å². The third-order valence-corrected chi connectivity index (χ3v) is 2.79. The van der Waals surface area contributed by atoms with Crippen LogP contribution >= 0.6 is 0 Å². The summed E-state index contributed by atoms with van der Waals surface area (Å²) in [6.45, 7) is 2.57. The predicted molar refractivity (Wildman–Crippen MR) is 74.8 cm³/mol. The van der Waals surface area contributed by atoms with E-state index in [0.29, 0.717) is 5.56 Å². The van der Waals surface area contributed by atoms with Crippen LogP contribution in [0.5, 0.6) is 0 Å². The molecule has 0 aliphatic heterocycles. The second-order valence-corrected chi connectivity index (χ2v) is 4.56. The summed E-state index contributed by atoms with van der Waals surface area (Å²) >= 11 is 0. The third-order valence-electron chi connectivity index (χ3n) is 2.79. The highest BCUT2D eigenvalue weighted by molar-refractivity contribution is 5.96. The Morgan fingerprint density at radius 3 is 2.63 bits per heavy atom. The number of carbonyl (C=O) groups excluding carboxylic acids is 2. The maximum atomic E-state index is 12.1. The lowest BCUT2D eigenvalue weighted by atomic mass is 10.0. The molecule has 1 aromatic carbocycles. The van der Waals surface area contributed by atoms with Crippen LogP contribution in [0.25, 0.3) is 0 Å². The highest BCUT2D eigenvalue weighted by Gasteiger charge is 2.14. The molecule has 0 aliphatic rings. The van der Waals surface area contributed by atoms with Gasteiger partial charge in [0.15, 0.2) is 0 Å². The molecule has 0 radical (unpaired) electrons. The number of hydrogen-bond donors (Lipinski definition) is 3. The van der Waals surface area contributed by atoms with Crippen molar-refractivity contribution in [1.29, 1.82) is 0 Å². The summed E-state index contributed by atoms with van der Waals surface area (Å²) in [4.78, 5) is 22.9. The van der Waals surface area contributed by atoms with E-state index in [-0.39, 0.29) is 18.4 Å². The molecule has 1 rings (SSSR count). The Morgan fingerprint density at radius 1 is 1.32 bits per heavy atom. The quantitative estimate of drug-likeness (QED) is 0.667. The zero-order valence-electron chi connectivity index (χ0n) is 11.4. The molecule has 19 heavy (non-hydrogen) atoms. The Hall–Kier alpha value is -1.88. The Morgan fingerprint density at radius 2 is 2.00 bits per heavy atom. The minimum absolute atomic E-state index is 0.143. The number of hydrogen-bond acceptors (Lipinski definition) is 3. The van der Waals surface area contributed by atoms with Gasteiger partial charge < -0.3 is 16.4 Å². The Kier molecular flexibility index (Phi) is 6.02. The summed E-state index contributed by atoms with van der Waals surface area (Å²) in [5, 5.41) is 5.84. The fourth-order valence-electron chi connectivity index (χ4n) is 1.87. The smallest absolute Gasteiger partial charge is 0.251 e. The lowest BCUT2D eigenvalue weighted by Crippen LogP contribution is -2.36. The highest BCUT2D eigenvalue weighted by atomic mass is 16.2. The minimum atomic E-state index is -0.420. The topological polar surface area (TPSA) is 84.2 Å². The fourth-order valence-corrected chi connectivity index (χ4v) is 1.87. The van der Waals surface area contributed by atoms with Crippen molar-refractivity contribution in [3.63, 3.8) is 0 Å². The van der Waals surface area contributed by atoms with Crippen LogP contribution in [0.1, 0.15) is 29.3 Å². The fraction of sp³-hybridized carbons (Fsp3) is 0.429. The summed E-state index contributed by atoms with van der Waals surface area (Å²) in [7, 11) is 1.87. The SMILES string of the molecule is CNCCc1ccccc1C(=O)NC(C)CC(N)=O. The van der Waals surface area contributed by atoms with Crippen LogP contribution in [0, 0.1) is 0 Å². The number of carbonyl (C=O) groups is 2. The Bertz CT molecular complexity index is 446. The summed E-state index contributed by atoms with van der Waals surface area (Å²) < 4.78 is 0. The van der Waals surface area contributed by atoms with Crippen molar-refractivity contribution in [2.45, 2.75) is 25.8 Å². The van der Waals surface area contributed by atoms with Gasteiger partial charge in [-0.15, -0.1) is 0 Å². The van der Waals surface area contributed by atoms with Crippen molar-refractivity contribution >= 4 is 11.8 Å². The van der Waals surface area contributed by atoms with Gasteiger partial charge in [-0.3, -0.25) is 9.59 Å². The average molecular weight is 263 g/mol. The van der Waals surface area contributed by atoms with Gasteiger partial charge in [0.05, 0.1) is 0 Å². The molecule has 0 aromatic heterocycles. The van der Waals surface area contributed by atoms with Gasteiger partial charge in [0.2, 0.25) is 5.91 Å². The van der Waals surface area contributed by atoms with E-state index >= 15 is 0 Å². The molecule has 0 saturated heterocycles. The van der Waals surface area contributed by atoms with E-state index < -0.39 is 5.91 Å².